The molecular weight excluding hydrogens is 433 g/mol. The molecule has 168 valence electrons. The first-order chi connectivity index (χ1) is 16.0. The van der Waals surface area contributed by atoms with E-state index in [1.54, 1.807) is 24.5 Å². The largest absolute Gasteiger partial charge is 0.595 e. The summed E-state index contributed by atoms with van der Waals surface area (Å²) in [6, 6.07) is 10.7. The van der Waals surface area contributed by atoms with Crippen molar-refractivity contribution in [2.75, 3.05) is 5.32 Å². The number of halogens is 1. The number of rotatable bonds is 4. The highest BCUT2D eigenvalue weighted by atomic mass is 19.1. The van der Waals surface area contributed by atoms with Crippen LogP contribution >= 0.6 is 0 Å². The van der Waals surface area contributed by atoms with Crippen molar-refractivity contribution in [1.29, 1.82) is 0 Å². The lowest BCUT2D eigenvalue weighted by Crippen LogP contribution is -2.99. The van der Waals surface area contributed by atoms with E-state index in [9.17, 15) is 19.6 Å². The van der Waals surface area contributed by atoms with Crippen LogP contribution in [0.2, 0.25) is 0 Å². The Morgan fingerprint density at radius 1 is 1.30 bits per heavy atom. The number of amides is 2. The summed E-state index contributed by atoms with van der Waals surface area (Å²) in [5.41, 5.74) is 2.41. The van der Waals surface area contributed by atoms with Gasteiger partial charge in [0, 0.05) is 29.8 Å². The standard InChI is InChI=1S/C21H18FN7O4/c22-13-4-2-5-14(8-13)25-21(30)28-10-17-16(23-11-24-17)9-18(28)20-26-19(27-33-20)12-3-1-6-15(7-12)29(31)32/h1-8,11,18,29,31H,9-10H2,(H,23,24)(H,25,30)/t18-/m0/s1. The van der Waals surface area contributed by atoms with E-state index in [1.807, 2.05) is 0 Å². The molecule has 0 fully saturated rings. The molecule has 0 saturated heterocycles. The van der Waals surface area contributed by atoms with Gasteiger partial charge in [0.2, 0.25) is 11.7 Å². The van der Waals surface area contributed by atoms with Gasteiger partial charge >= 0.3 is 6.03 Å². The summed E-state index contributed by atoms with van der Waals surface area (Å²) in [7, 11) is 0. The Bertz CT molecular complexity index is 1310. The van der Waals surface area contributed by atoms with E-state index in [-0.39, 0.29) is 23.9 Å². The van der Waals surface area contributed by atoms with E-state index in [1.165, 1.54) is 35.2 Å². The average molecular weight is 451 g/mol. The molecule has 0 aliphatic carbocycles. The molecule has 2 amide bonds. The molecule has 1 unspecified atom stereocenters. The fourth-order valence-electron chi connectivity index (χ4n) is 3.71. The number of anilines is 1. The maximum Gasteiger partial charge on any atom is 0.322 e. The van der Waals surface area contributed by atoms with Crippen molar-refractivity contribution < 1.29 is 24.1 Å². The topological polar surface area (TPSA) is 148 Å². The van der Waals surface area contributed by atoms with Gasteiger partial charge in [-0.2, -0.15) is 10.2 Å². The molecule has 0 radical (unpaired) electrons. The third kappa shape index (κ3) is 4.17. The number of urea groups is 1. The summed E-state index contributed by atoms with van der Waals surface area (Å²) < 4.78 is 19.0. The molecule has 33 heavy (non-hydrogen) atoms. The van der Waals surface area contributed by atoms with Crippen molar-refractivity contribution >= 4 is 17.4 Å². The molecule has 1 aliphatic heterocycles. The van der Waals surface area contributed by atoms with Crippen molar-refractivity contribution in [3.05, 3.63) is 83.2 Å². The normalized spacial score (nSPS) is 16.3. The number of quaternary nitrogens is 1. The lowest BCUT2D eigenvalue weighted by Gasteiger charge is -2.32. The van der Waals surface area contributed by atoms with Crippen LogP contribution in [0.1, 0.15) is 23.3 Å². The zero-order valence-electron chi connectivity index (χ0n) is 17.0. The predicted octanol–water partition coefficient (Wildman–Crippen LogP) is 2.33. The Balaban J connectivity index is 1.45. The molecule has 0 bridgehead atoms. The van der Waals surface area contributed by atoms with Crippen LogP contribution in [0.15, 0.2) is 59.4 Å². The van der Waals surface area contributed by atoms with Gasteiger partial charge in [-0.05, 0) is 18.2 Å². The number of H-pyrrole nitrogens is 1. The summed E-state index contributed by atoms with van der Waals surface area (Å²) in [5.74, 6) is -0.0934. The number of carbonyl (C=O) groups is 1. The van der Waals surface area contributed by atoms with E-state index in [2.05, 4.69) is 25.4 Å². The molecule has 4 N–H and O–H groups in total. The Labute approximate surface area is 186 Å². The third-order valence-electron chi connectivity index (χ3n) is 5.33. The number of nitrogens with one attached hydrogen (secondary N) is 3. The Hall–Kier alpha value is -4.13. The van der Waals surface area contributed by atoms with Crippen LogP contribution in [0.25, 0.3) is 11.4 Å². The van der Waals surface area contributed by atoms with Crippen LogP contribution in [0.4, 0.5) is 20.6 Å². The Kier molecular flexibility index (Phi) is 5.30. The predicted molar refractivity (Wildman–Crippen MR) is 112 cm³/mol. The number of carbonyl (C=O) groups excluding carboxylic acids is 1. The molecule has 12 heteroatoms. The zero-order valence-corrected chi connectivity index (χ0v) is 17.0. The SMILES string of the molecule is O=C(Nc1cccc(F)c1)N1Cc2[nH]cnc2C[C@H]1c1nc(-c2cccc([NH+]([O-])O)c2)no1. The fraction of sp³-hybridized carbons (Fsp3) is 0.143. The Morgan fingerprint density at radius 3 is 2.97 bits per heavy atom. The molecule has 1 aliphatic rings. The van der Waals surface area contributed by atoms with Gasteiger partial charge in [0.05, 0.1) is 24.3 Å². The van der Waals surface area contributed by atoms with Gasteiger partial charge in [0.15, 0.2) is 5.69 Å². The van der Waals surface area contributed by atoms with Gasteiger partial charge in [-0.15, -0.1) is 0 Å². The summed E-state index contributed by atoms with van der Waals surface area (Å²) in [6.45, 7) is 0.202. The molecule has 2 atom stereocenters. The summed E-state index contributed by atoms with van der Waals surface area (Å²) in [4.78, 5) is 26.3. The number of fused-ring (bicyclic) bond motifs is 1. The van der Waals surface area contributed by atoms with Gasteiger partial charge in [0.25, 0.3) is 0 Å². The molecular formula is C21H18FN7O4. The van der Waals surface area contributed by atoms with E-state index in [0.717, 1.165) is 11.4 Å². The molecule has 3 heterocycles. The van der Waals surface area contributed by atoms with Crippen LogP contribution in [0.3, 0.4) is 0 Å². The second-order valence-corrected chi connectivity index (χ2v) is 7.46. The molecule has 11 nitrogen and oxygen atoms in total. The maximum absolute atomic E-state index is 13.6. The van der Waals surface area contributed by atoms with Crippen LogP contribution in [0, 0.1) is 11.0 Å². The summed E-state index contributed by atoms with van der Waals surface area (Å²) in [5, 5.41) is 26.1. The molecule has 0 spiro atoms. The highest BCUT2D eigenvalue weighted by Crippen LogP contribution is 2.33. The fourth-order valence-corrected chi connectivity index (χ4v) is 3.71. The number of imidazole rings is 1. The second-order valence-electron chi connectivity index (χ2n) is 7.46. The second kappa shape index (κ2) is 8.43. The first kappa shape index (κ1) is 20.8. The van der Waals surface area contributed by atoms with Crippen molar-refractivity contribution in [3.8, 4) is 11.4 Å². The van der Waals surface area contributed by atoms with Crippen molar-refractivity contribution in [3.63, 3.8) is 0 Å². The maximum atomic E-state index is 13.6. The van der Waals surface area contributed by atoms with Gasteiger partial charge in [-0.1, -0.05) is 23.4 Å². The number of aromatic nitrogens is 4. The highest BCUT2D eigenvalue weighted by molar-refractivity contribution is 5.89. The quantitative estimate of drug-likeness (QED) is 0.348. The lowest BCUT2D eigenvalue weighted by molar-refractivity contribution is -0.991. The highest BCUT2D eigenvalue weighted by Gasteiger charge is 2.36. The minimum absolute atomic E-state index is 0.0915. The van der Waals surface area contributed by atoms with Gasteiger partial charge in [0.1, 0.15) is 11.9 Å². The zero-order chi connectivity index (χ0) is 22.9. The third-order valence-corrected chi connectivity index (χ3v) is 5.33. The number of nitrogens with zero attached hydrogens (tertiary/aromatic N) is 4. The van der Waals surface area contributed by atoms with Crippen molar-refractivity contribution in [1.82, 2.24) is 25.0 Å². The molecule has 5 rings (SSSR count). The molecule has 2 aromatic heterocycles. The first-order valence-corrected chi connectivity index (χ1v) is 9.99. The molecule has 0 saturated carbocycles. The van der Waals surface area contributed by atoms with Crippen LogP contribution < -0.4 is 10.5 Å². The number of hydrogen-bond donors (Lipinski definition) is 4. The minimum Gasteiger partial charge on any atom is -0.595 e. The lowest BCUT2D eigenvalue weighted by atomic mass is 10.0. The minimum atomic E-state index is -1.07. The number of aromatic amines is 1. The van der Waals surface area contributed by atoms with Gasteiger partial charge < -0.3 is 24.9 Å². The monoisotopic (exact) mass is 451 g/mol. The molecule has 4 aromatic rings. The average Bonchev–Trinajstić information content (AvgIpc) is 3.47. The summed E-state index contributed by atoms with van der Waals surface area (Å²) >= 11 is 0. The number of hydrogen-bond acceptors (Lipinski definition) is 7. The molecule has 2 aromatic carbocycles. The van der Waals surface area contributed by atoms with Crippen LogP contribution in [-0.2, 0) is 13.0 Å². The van der Waals surface area contributed by atoms with Gasteiger partial charge in [-0.3, -0.25) is 0 Å². The smallest absolute Gasteiger partial charge is 0.322 e. The first-order valence-electron chi connectivity index (χ1n) is 9.99. The summed E-state index contributed by atoms with van der Waals surface area (Å²) in [6.07, 6.45) is 1.87. The van der Waals surface area contributed by atoms with E-state index < -0.39 is 23.1 Å². The van der Waals surface area contributed by atoms with E-state index in [4.69, 9.17) is 4.52 Å². The van der Waals surface area contributed by atoms with Crippen molar-refractivity contribution in [2.24, 2.45) is 0 Å². The number of benzene rings is 2. The van der Waals surface area contributed by atoms with E-state index >= 15 is 0 Å². The van der Waals surface area contributed by atoms with E-state index in [0.29, 0.717) is 17.7 Å². The van der Waals surface area contributed by atoms with Gasteiger partial charge in [-0.25, -0.2) is 19.4 Å². The van der Waals surface area contributed by atoms with Crippen LogP contribution in [-0.4, -0.2) is 36.2 Å². The van der Waals surface area contributed by atoms with Crippen LogP contribution in [0.5, 0.6) is 0 Å². The Morgan fingerprint density at radius 2 is 2.15 bits per heavy atom. The van der Waals surface area contributed by atoms with Crippen molar-refractivity contribution in [2.45, 2.75) is 19.0 Å².